The van der Waals surface area contributed by atoms with E-state index in [1.54, 1.807) is 18.2 Å². The highest BCUT2D eigenvalue weighted by Crippen LogP contribution is 2.28. The second-order valence-corrected chi connectivity index (χ2v) is 4.17. The van der Waals surface area contributed by atoms with Gasteiger partial charge in [0.2, 0.25) is 0 Å². The zero-order chi connectivity index (χ0) is 11.4. The van der Waals surface area contributed by atoms with Crippen LogP contribution in [-0.4, -0.2) is 17.9 Å². The predicted molar refractivity (Wildman–Crippen MR) is 62.1 cm³/mol. The number of ether oxygens (including phenoxy) is 1. The molecule has 3 nitrogen and oxygen atoms in total. The molecule has 0 saturated carbocycles. The first kappa shape index (κ1) is 12.4. The fraction of sp³-hybridized carbons (Fsp3) is 0.222. The van der Waals surface area contributed by atoms with Gasteiger partial charge >= 0.3 is 0 Å². The number of hydrogen-bond acceptors (Lipinski definition) is 2. The number of hydrogen-bond donors (Lipinski definition) is 1. The van der Waals surface area contributed by atoms with Crippen LogP contribution < -0.4 is 10.1 Å². The van der Waals surface area contributed by atoms with E-state index >= 15 is 0 Å². The number of amides is 1. The summed E-state index contributed by atoms with van der Waals surface area (Å²) in [6.45, 7) is 0. The molecule has 1 N–H and O–H groups in total. The minimum atomic E-state index is -1.13. The molecule has 0 saturated heterocycles. The van der Waals surface area contributed by atoms with Gasteiger partial charge in [-0.3, -0.25) is 4.79 Å². The molecule has 1 aromatic carbocycles. The quantitative estimate of drug-likeness (QED) is 0.856. The molecule has 15 heavy (non-hydrogen) atoms. The molecular formula is C9H8Cl3NO2. The first-order chi connectivity index (χ1) is 7.04. The number of halogens is 3. The summed E-state index contributed by atoms with van der Waals surface area (Å²) in [6.07, 6.45) is 0. The van der Waals surface area contributed by atoms with Gasteiger partial charge in [0.15, 0.2) is 4.84 Å². The van der Waals surface area contributed by atoms with Crippen molar-refractivity contribution in [3.05, 3.63) is 23.2 Å². The predicted octanol–water partition coefficient (Wildman–Crippen LogP) is 3.09. The topological polar surface area (TPSA) is 38.3 Å². The summed E-state index contributed by atoms with van der Waals surface area (Å²) >= 11 is 16.6. The Labute approximate surface area is 102 Å². The molecule has 0 radical (unpaired) electrons. The lowest BCUT2D eigenvalue weighted by Gasteiger charge is -2.10. The molecule has 0 aliphatic heterocycles. The van der Waals surface area contributed by atoms with Crippen molar-refractivity contribution in [2.45, 2.75) is 4.84 Å². The van der Waals surface area contributed by atoms with Crippen LogP contribution in [0.5, 0.6) is 5.75 Å². The maximum absolute atomic E-state index is 11.2. The summed E-state index contributed by atoms with van der Waals surface area (Å²) in [7, 11) is 1.48. The molecule has 1 rings (SSSR count). The molecule has 0 bridgehead atoms. The average molecular weight is 269 g/mol. The third-order valence-corrected chi connectivity index (χ3v) is 2.25. The summed E-state index contributed by atoms with van der Waals surface area (Å²) in [5, 5.41) is 2.97. The highest BCUT2D eigenvalue weighted by molar-refractivity contribution is 6.54. The Morgan fingerprint density at radius 1 is 1.47 bits per heavy atom. The Balaban J connectivity index is 2.92. The van der Waals surface area contributed by atoms with Gasteiger partial charge < -0.3 is 10.1 Å². The number of nitrogens with one attached hydrogen (secondary N) is 1. The van der Waals surface area contributed by atoms with Crippen molar-refractivity contribution in [3.63, 3.8) is 0 Å². The van der Waals surface area contributed by atoms with Crippen molar-refractivity contribution >= 4 is 46.4 Å². The maximum atomic E-state index is 11.2. The minimum Gasteiger partial charge on any atom is -0.495 e. The fourth-order valence-electron chi connectivity index (χ4n) is 0.965. The standard InChI is InChI=1S/C9H8Cl3NO2/c1-15-7-3-2-5(10)4-6(7)13-9(14)8(11)12/h2-4,8H,1H3,(H,13,14). The molecule has 82 valence electrons. The number of benzene rings is 1. The van der Waals surface area contributed by atoms with E-state index in [0.29, 0.717) is 16.5 Å². The van der Waals surface area contributed by atoms with Gasteiger partial charge in [0.25, 0.3) is 5.91 Å². The maximum Gasteiger partial charge on any atom is 0.257 e. The van der Waals surface area contributed by atoms with Crippen LogP contribution in [0.2, 0.25) is 5.02 Å². The third kappa shape index (κ3) is 3.45. The molecule has 6 heteroatoms. The van der Waals surface area contributed by atoms with Crippen LogP contribution in [-0.2, 0) is 4.79 Å². The van der Waals surface area contributed by atoms with Crippen molar-refractivity contribution < 1.29 is 9.53 Å². The van der Waals surface area contributed by atoms with Crippen molar-refractivity contribution in [2.75, 3.05) is 12.4 Å². The summed E-state index contributed by atoms with van der Waals surface area (Å²) in [4.78, 5) is 10.1. The van der Waals surface area contributed by atoms with Crippen LogP contribution in [0.25, 0.3) is 0 Å². The van der Waals surface area contributed by atoms with E-state index < -0.39 is 10.7 Å². The molecular weight excluding hydrogens is 260 g/mol. The number of carbonyl (C=O) groups is 1. The second kappa shape index (κ2) is 5.45. The summed E-state index contributed by atoms with van der Waals surface area (Å²) < 4.78 is 5.02. The Morgan fingerprint density at radius 2 is 2.13 bits per heavy atom. The van der Waals surface area contributed by atoms with Crippen molar-refractivity contribution in [1.29, 1.82) is 0 Å². The number of anilines is 1. The molecule has 0 fully saturated rings. The second-order valence-electron chi connectivity index (χ2n) is 2.63. The summed E-state index contributed by atoms with van der Waals surface area (Å²) in [5.74, 6) is -0.0411. The van der Waals surface area contributed by atoms with E-state index in [9.17, 15) is 4.79 Å². The van der Waals surface area contributed by atoms with Gasteiger partial charge in [0, 0.05) is 5.02 Å². The van der Waals surface area contributed by atoms with E-state index in [1.807, 2.05) is 0 Å². The molecule has 0 heterocycles. The van der Waals surface area contributed by atoms with E-state index in [1.165, 1.54) is 7.11 Å². The van der Waals surface area contributed by atoms with E-state index in [2.05, 4.69) is 5.32 Å². The van der Waals surface area contributed by atoms with Gasteiger partial charge in [-0.15, -0.1) is 0 Å². The zero-order valence-corrected chi connectivity index (χ0v) is 10.0. The number of methoxy groups -OCH3 is 1. The molecule has 1 aromatic rings. The van der Waals surface area contributed by atoms with Gasteiger partial charge in [0.1, 0.15) is 5.75 Å². The lowest BCUT2D eigenvalue weighted by molar-refractivity contribution is -0.114. The molecule has 0 atom stereocenters. The normalized spacial score (nSPS) is 10.2. The number of rotatable bonds is 3. The SMILES string of the molecule is COc1ccc(Cl)cc1NC(=O)C(Cl)Cl. The van der Waals surface area contributed by atoms with Crippen LogP contribution in [0.3, 0.4) is 0 Å². The molecule has 0 spiro atoms. The average Bonchev–Trinajstić information content (AvgIpc) is 2.18. The zero-order valence-electron chi connectivity index (χ0n) is 7.76. The van der Waals surface area contributed by atoms with Crippen LogP contribution in [0.15, 0.2) is 18.2 Å². The van der Waals surface area contributed by atoms with E-state index in [-0.39, 0.29) is 0 Å². The largest absolute Gasteiger partial charge is 0.495 e. The minimum absolute atomic E-state index is 0.432. The first-order valence-corrected chi connectivity index (χ1v) is 5.22. The lowest BCUT2D eigenvalue weighted by atomic mass is 10.3. The lowest BCUT2D eigenvalue weighted by Crippen LogP contribution is -2.18. The molecule has 1 amide bonds. The fourth-order valence-corrected chi connectivity index (χ4v) is 1.25. The van der Waals surface area contributed by atoms with Gasteiger partial charge in [-0.1, -0.05) is 34.8 Å². The van der Waals surface area contributed by atoms with E-state index in [0.717, 1.165) is 0 Å². The van der Waals surface area contributed by atoms with Gasteiger partial charge in [-0.05, 0) is 18.2 Å². The Morgan fingerprint density at radius 3 is 2.67 bits per heavy atom. The van der Waals surface area contributed by atoms with E-state index in [4.69, 9.17) is 39.5 Å². The van der Waals surface area contributed by atoms with Gasteiger partial charge in [-0.25, -0.2) is 0 Å². The van der Waals surface area contributed by atoms with Crippen molar-refractivity contribution in [1.82, 2.24) is 0 Å². The first-order valence-electron chi connectivity index (χ1n) is 3.97. The van der Waals surface area contributed by atoms with Gasteiger partial charge in [0.05, 0.1) is 12.8 Å². The monoisotopic (exact) mass is 267 g/mol. The van der Waals surface area contributed by atoms with Crippen molar-refractivity contribution in [3.8, 4) is 5.75 Å². The molecule has 0 aromatic heterocycles. The van der Waals surface area contributed by atoms with Crippen LogP contribution >= 0.6 is 34.8 Å². The Bertz CT molecular complexity index is 368. The Hall–Kier alpha value is -0.640. The highest BCUT2D eigenvalue weighted by Gasteiger charge is 2.14. The highest BCUT2D eigenvalue weighted by atomic mass is 35.5. The third-order valence-electron chi connectivity index (χ3n) is 1.62. The van der Waals surface area contributed by atoms with Crippen LogP contribution in [0.4, 0.5) is 5.69 Å². The smallest absolute Gasteiger partial charge is 0.257 e. The van der Waals surface area contributed by atoms with Crippen molar-refractivity contribution in [2.24, 2.45) is 0 Å². The number of alkyl halides is 2. The van der Waals surface area contributed by atoms with Gasteiger partial charge in [-0.2, -0.15) is 0 Å². The summed E-state index contributed by atoms with van der Waals surface area (Å²) in [5.41, 5.74) is 0.432. The summed E-state index contributed by atoms with van der Waals surface area (Å²) in [6, 6.07) is 4.83. The Kier molecular flexibility index (Phi) is 4.51. The molecule has 0 unspecified atom stereocenters. The number of carbonyl (C=O) groups excluding carboxylic acids is 1. The van der Waals surface area contributed by atoms with Crippen LogP contribution in [0, 0.1) is 0 Å². The molecule has 0 aliphatic carbocycles. The van der Waals surface area contributed by atoms with Crippen LogP contribution in [0.1, 0.15) is 0 Å². The molecule has 0 aliphatic rings.